The van der Waals surface area contributed by atoms with Crippen molar-refractivity contribution in [1.82, 2.24) is 15.1 Å². The van der Waals surface area contributed by atoms with Crippen molar-refractivity contribution in [1.29, 1.82) is 0 Å². The summed E-state index contributed by atoms with van der Waals surface area (Å²) >= 11 is 3.58. The maximum absolute atomic E-state index is 13.8. The lowest BCUT2D eigenvalue weighted by molar-refractivity contribution is -0.118. The summed E-state index contributed by atoms with van der Waals surface area (Å²) in [6.45, 7) is 10.6. The van der Waals surface area contributed by atoms with Crippen molar-refractivity contribution in [2.75, 3.05) is 36.4 Å². The van der Waals surface area contributed by atoms with E-state index in [0.29, 0.717) is 19.0 Å². The van der Waals surface area contributed by atoms with Crippen LogP contribution in [0, 0.1) is 13.8 Å². The predicted octanol–water partition coefficient (Wildman–Crippen LogP) is 7.55. The second kappa shape index (κ2) is 14.1. The number of carbonyl (C=O) groups is 2. The molecule has 0 unspecified atom stereocenters. The molecule has 0 fully saturated rings. The lowest BCUT2D eigenvalue weighted by atomic mass is 9.78. The topological polar surface area (TPSA) is 94.5 Å². The second-order valence-electron chi connectivity index (χ2n) is 13.4. The minimum absolute atomic E-state index is 0.189. The molecule has 2 atom stereocenters. The molecule has 44 heavy (non-hydrogen) atoms. The van der Waals surface area contributed by atoms with Gasteiger partial charge in [0.05, 0.1) is 12.3 Å². The molecule has 1 aromatic heterocycles. The maximum Gasteiger partial charge on any atom is 0.408 e. The number of aryl methyl sites for hydroxylation is 2. The number of nitrogens with one attached hydrogen (secondary N) is 2. The van der Waals surface area contributed by atoms with E-state index in [4.69, 9.17) is 14.6 Å². The van der Waals surface area contributed by atoms with Gasteiger partial charge in [-0.1, -0.05) is 34.1 Å². The number of hydrogen-bond donors (Lipinski definition) is 2. The Labute approximate surface area is 272 Å². The zero-order valence-corrected chi connectivity index (χ0v) is 29.7. The molecule has 0 saturated heterocycles. The fraction of sp³-hybridized carbons (Fsp3) is 0.500. The first kappa shape index (κ1) is 34.1. The van der Waals surface area contributed by atoms with E-state index in [1.54, 1.807) is 0 Å². The van der Waals surface area contributed by atoms with Crippen molar-refractivity contribution in [3.63, 3.8) is 0 Å². The van der Waals surface area contributed by atoms with Gasteiger partial charge in [0.1, 0.15) is 18.4 Å². The quantitative estimate of drug-likeness (QED) is 0.215. The molecule has 0 bridgehead atoms. The van der Waals surface area contributed by atoms with Gasteiger partial charge in [0, 0.05) is 33.1 Å². The number of hydrogen-bond acceptors (Lipinski definition) is 5. The number of benzene rings is 2. The number of fused-ring (bicyclic) bond motifs is 1. The lowest BCUT2D eigenvalue weighted by Gasteiger charge is -2.33. The third kappa shape index (κ3) is 9.11. The molecule has 8 nitrogen and oxygen atoms in total. The summed E-state index contributed by atoms with van der Waals surface area (Å²) in [5.74, 6) is 0.590. The normalized spacial score (nSPS) is 16.2. The van der Waals surface area contributed by atoms with Crippen LogP contribution in [0.1, 0.15) is 62.0 Å². The molecular formula is C34H47BrN4O4S. The second-order valence-corrected chi connectivity index (χ2v) is 18.9. The average Bonchev–Trinajstić information content (AvgIpc) is 3.21. The van der Waals surface area contributed by atoms with Crippen LogP contribution in [0.25, 0.3) is 11.1 Å². The van der Waals surface area contributed by atoms with Crippen LogP contribution < -0.4 is 10.6 Å². The average molecular weight is 688 g/mol. The highest BCUT2D eigenvalue weighted by atomic mass is 79.9. The van der Waals surface area contributed by atoms with Gasteiger partial charge >= 0.3 is 6.09 Å². The van der Waals surface area contributed by atoms with Crippen LogP contribution in [0.15, 0.2) is 46.9 Å². The molecule has 1 heterocycles. The summed E-state index contributed by atoms with van der Waals surface area (Å²) in [6, 6.07) is 13.1. The third-order valence-corrected chi connectivity index (χ3v) is 9.59. The van der Waals surface area contributed by atoms with Crippen molar-refractivity contribution < 1.29 is 19.1 Å². The molecule has 4 rings (SSSR count). The van der Waals surface area contributed by atoms with Crippen LogP contribution in [0.5, 0.6) is 0 Å². The minimum Gasteiger partial charge on any atom is -0.444 e. The van der Waals surface area contributed by atoms with Gasteiger partial charge in [-0.05, 0) is 114 Å². The zero-order chi connectivity index (χ0) is 32.2. The molecule has 2 amide bonds. The van der Waals surface area contributed by atoms with Crippen molar-refractivity contribution >= 4 is 43.6 Å². The van der Waals surface area contributed by atoms with Crippen molar-refractivity contribution in [2.24, 2.45) is 0 Å². The predicted molar refractivity (Wildman–Crippen MR) is 185 cm³/mol. The summed E-state index contributed by atoms with van der Waals surface area (Å²) in [5, 5.41) is 10.7. The Morgan fingerprint density at radius 1 is 1.11 bits per heavy atom. The van der Waals surface area contributed by atoms with E-state index in [1.165, 1.54) is 5.56 Å². The molecule has 0 saturated carbocycles. The number of carbonyl (C=O) groups excluding carboxylic acids is 2. The van der Waals surface area contributed by atoms with Crippen LogP contribution >= 0.6 is 26.0 Å². The Bertz CT molecular complexity index is 1470. The number of ether oxygens (including phenoxy) is 2. The Hall–Kier alpha value is -2.82. The largest absolute Gasteiger partial charge is 0.444 e. The van der Waals surface area contributed by atoms with Gasteiger partial charge in [0.2, 0.25) is 5.91 Å². The molecule has 2 N–H and O–H groups in total. The SMILES string of the molecule is Cc1nn(COCCS(C)(C)C)c(C)c1-c1ccc(NC(=O)[C@@H](NC(=O)OC(C)(C)C)[C@@H]2CCCc3ccc(Br)cc32)cc1. The van der Waals surface area contributed by atoms with Gasteiger partial charge < -0.3 is 20.1 Å². The number of amides is 2. The molecule has 0 radical (unpaired) electrons. The fourth-order valence-corrected chi connectivity index (χ4v) is 6.57. The molecular weight excluding hydrogens is 640 g/mol. The van der Waals surface area contributed by atoms with E-state index >= 15 is 0 Å². The molecule has 2 aromatic carbocycles. The first-order valence-corrected chi connectivity index (χ1v) is 18.9. The van der Waals surface area contributed by atoms with Gasteiger partial charge in [-0.15, -0.1) is 0 Å². The third-order valence-electron chi connectivity index (χ3n) is 7.70. The molecule has 0 aliphatic heterocycles. The van der Waals surface area contributed by atoms with Crippen LogP contribution in [-0.4, -0.2) is 64.6 Å². The van der Waals surface area contributed by atoms with Crippen LogP contribution in [0.2, 0.25) is 0 Å². The zero-order valence-electron chi connectivity index (χ0n) is 27.3. The van der Waals surface area contributed by atoms with E-state index in [9.17, 15) is 9.59 Å². The summed E-state index contributed by atoms with van der Waals surface area (Å²) in [7, 11) is -0.601. The first-order chi connectivity index (χ1) is 20.6. The first-order valence-electron chi connectivity index (χ1n) is 15.1. The van der Waals surface area contributed by atoms with Gasteiger partial charge in [0.25, 0.3) is 0 Å². The summed E-state index contributed by atoms with van der Waals surface area (Å²) in [5.41, 5.74) is 6.26. The summed E-state index contributed by atoms with van der Waals surface area (Å²) in [6.07, 6.45) is 8.91. The van der Waals surface area contributed by atoms with Crippen LogP contribution in [0.4, 0.5) is 10.5 Å². The Morgan fingerprint density at radius 3 is 2.48 bits per heavy atom. The molecule has 3 aromatic rings. The number of nitrogens with zero attached hydrogens (tertiary/aromatic N) is 2. The van der Waals surface area contributed by atoms with E-state index < -0.39 is 27.8 Å². The molecule has 1 aliphatic carbocycles. The van der Waals surface area contributed by atoms with E-state index in [0.717, 1.165) is 57.6 Å². The monoisotopic (exact) mass is 686 g/mol. The highest BCUT2D eigenvalue weighted by Gasteiger charge is 2.35. The standard InChI is InChI=1S/C34H47BrN4O4S/c1-22-30(23(2)39(38-22)21-42-18-19-44(6,7)8)25-13-16-27(17-14-25)36-32(40)31(37-33(41)43-34(3,4)5)28-11-9-10-24-12-15-26(35)20-29(24)28/h12-17,20,28,31H,9-11,18-19,21H2,1-8H3,(H,36,40)(H,37,41)/t28-,31+/m1/s1. The van der Waals surface area contributed by atoms with Gasteiger partial charge in [0.15, 0.2) is 0 Å². The highest BCUT2D eigenvalue weighted by molar-refractivity contribution is 9.10. The number of aromatic nitrogens is 2. The summed E-state index contributed by atoms with van der Waals surface area (Å²) in [4.78, 5) is 26.7. The van der Waals surface area contributed by atoms with E-state index in [-0.39, 0.29) is 11.8 Å². The summed E-state index contributed by atoms with van der Waals surface area (Å²) < 4.78 is 14.3. The smallest absolute Gasteiger partial charge is 0.408 e. The lowest BCUT2D eigenvalue weighted by Crippen LogP contribution is -2.49. The van der Waals surface area contributed by atoms with E-state index in [1.807, 2.05) is 62.7 Å². The molecule has 0 spiro atoms. The fourth-order valence-electron chi connectivity index (χ4n) is 5.58. The number of halogens is 1. The van der Waals surface area contributed by atoms with Crippen LogP contribution in [0.3, 0.4) is 0 Å². The Kier molecular flexibility index (Phi) is 10.9. The molecule has 10 heteroatoms. The van der Waals surface area contributed by atoms with Crippen molar-refractivity contribution in [3.05, 3.63) is 69.5 Å². The van der Waals surface area contributed by atoms with Gasteiger partial charge in [-0.2, -0.15) is 5.10 Å². The molecule has 1 aliphatic rings. The van der Waals surface area contributed by atoms with Gasteiger partial charge in [-0.25, -0.2) is 19.5 Å². The van der Waals surface area contributed by atoms with Gasteiger partial charge in [-0.3, -0.25) is 4.79 Å². The minimum atomic E-state index is -0.805. The number of anilines is 1. The molecule has 240 valence electrons. The van der Waals surface area contributed by atoms with Crippen molar-refractivity contribution in [2.45, 2.75) is 78.2 Å². The van der Waals surface area contributed by atoms with E-state index in [2.05, 4.69) is 64.4 Å². The van der Waals surface area contributed by atoms with Crippen LogP contribution in [-0.2, 0) is 27.4 Å². The Balaban J connectivity index is 1.51. The highest BCUT2D eigenvalue weighted by Crippen LogP contribution is 2.37. The number of alkyl carbamates (subject to hydrolysis) is 1. The Morgan fingerprint density at radius 2 is 1.82 bits per heavy atom. The maximum atomic E-state index is 13.8. The van der Waals surface area contributed by atoms with Crippen molar-refractivity contribution in [3.8, 4) is 11.1 Å². The number of rotatable bonds is 10.